The molecule has 0 saturated carbocycles. The Balaban J connectivity index is 1.43. The lowest BCUT2D eigenvalue weighted by atomic mass is 10.2. The number of carbonyl (C=O) groups excluding carboxylic acids is 1. The number of benzene rings is 1. The molecule has 1 fully saturated rings. The standard InChI is InChI=1S/C16H14FN7O2/c17-12-7-18-16(19-8-12)26-14-4-5-23(9-14)15(25)11-2-1-3-13(6-11)24-10-20-21-22-24/h1-3,6-8,10,14H,4-5,9H2/t14-/m0/s1. The van der Waals surface area contributed by atoms with Crippen molar-refractivity contribution >= 4 is 5.91 Å². The summed E-state index contributed by atoms with van der Waals surface area (Å²) in [6.45, 7) is 0.967. The second-order valence-electron chi connectivity index (χ2n) is 5.77. The first kappa shape index (κ1) is 16.1. The van der Waals surface area contributed by atoms with Crippen molar-refractivity contribution in [2.24, 2.45) is 0 Å². The van der Waals surface area contributed by atoms with Gasteiger partial charge in [-0.1, -0.05) is 6.07 Å². The maximum absolute atomic E-state index is 12.8. The zero-order chi connectivity index (χ0) is 17.9. The van der Waals surface area contributed by atoms with Crippen LogP contribution in [-0.4, -0.2) is 60.2 Å². The van der Waals surface area contributed by atoms with E-state index in [1.54, 1.807) is 23.1 Å². The summed E-state index contributed by atoms with van der Waals surface area (Å²) in [5.74, 6) is -0.630. The van der Waals surface area contributed by atoms with Crippen molar-refractivity contribution in [3.8, 4) is 11.7 Å². The van der Waals surface area contributed by atoms with E-state index in [0.717, 1.165) is 12.4 Å². The molecular weight excluding hydrogens is 341 g/mol. The van der Waals surface area contributed by atoms with Gasteiger partial charge in [0.05, 0.1) is 24.6 Å². The monoisotopic (exact) mass is 355 g/mol. The summed E-state index contributed by atoms with van der Waals surface area (Å²) in [6, 6.07) is 7.17. The summed E-state index contributed by atoms with van der Waals surface area (Å²) in [4.78, 5) is 22.0. The van der Waals surface area contributed by atoms with Crippen LogP contribution in [0.3, 0.4) is 0 Å². The molecule has 1 aliphatic rings. The summed E-state index contributed by atoms with van der Waals surface area (Å²) in [5, 5.41) is 11.0. The van der Waals surface area contributed by atoms with E-state index in [4.69, 9.17) is 4.74 Å². The Morgan fingerprint density at radius 1 is 1.27 bits per heavy atom. The number of aromatic nitrogens is 6. The number of amides is 1. The minimum atomic E-state index is -0.525. The number of nitrogens with zero attached hydrogens (tertiary/aromatic N) is 7. The van der Waals surface area contributed by atoms with Crippen LogP contribution in [0.2, 0.25) is 0 Å². The molecule has 1 aliphatic heterocycles. The largest absolute Gasteiger partial charge is 0.458 e. The van der Waals surface area contributed by atoms with E-state index >= 15 is 0 Å². The topological polar surface area (TPSA) is 98.9 Å². The number of hydrogen-bond acceptors (Lipinski definition) is 7. The van der Waals surface area contributed by atoms with Gasteiger partial charge in [0.2, 0.25) is 0 Å². The quantitative estimate of drug-likeness (QED) is 0.685. The highest BCUT2D eigenvalue weighted by Gasteiger charge is 2.29. The third kappa shape index (κ3) is 3.34. The van der Waals surface area contributed by atoms with Crippen molar-refractivity contribution in [3.63, 3.8) is 0 Å². The number of hydrogen-bond donors (Lipinski definition) is 0. The van der Waals surface area contributed by atoms with Gasteiger partial charge in [0.25, 0.3) is 5.91 Å². The average Bonchev–Trinajstić information content (AvgIpc) is 3.35. The van der Waals surface area contributed by atoms with Gasteiger partial charge in [-0.3, -0.25) is 4.79 Å². The molecule has 26 heavy (non-hydrogen) atoms. The van der Waals surface area contributed by atoms with Crippen LogP contribution in [0.25, 0.3) is 5.69 Å². The van der Waals surface area contributed by atoms with Gasteiger partial charge in [0.1, 0.15) is 12.4 Å². The predicted molar refractivity (Wildman–Crippen MR) is 86.1 cm³/mol. The van der Waals surface area contributed by atoms with Crippen LogP contribution >= 0.6 is 0 Å². The lowest BCUT2D eigenvalue weighted by Gasteiger charge is -2.17. The molecule has 2 aromatic heterocycles. The molecule has 1 amide bonds. The molecule has 0 unspecified atom stereocenters. The third-order valence-electron chi connectivity index (χ3n) is 4.01. The van der Waals surface area contributed by atoms with Gasteiger partial charge < -0.3 is 9.64 Å². The van der Waals surface area contributed by atoms with E-state index in [0.29, 0.717) is 30.8 Å². The van der Waals surface area contributed by atoms with Gasteiger partial charge in [0, 0.05) is 18.5 Å². The molecule has 4 rings (SSSR count). The molecule has 3 aromatic rings. The SMILES string of the molecule is O=C(c1cccc(-n2cnnn2)c1)N1CC[C@H](Oc2ncc(F)cn2)C1. The first-order valence-corrected chi connectivity index (χ1v) is 7.96. The van der Waals surface area contributed by atoms with E-state index < -0.39 is 5.82 Å². The Morgan fingerprint density at radius 2 is 2.12 bits per heavy atom. The van der Waals surface area contributed by atoms with Crippen LogP contribution in [0.15, 0.2) is 43.0 Å². The summed E-state index contributed by atoms with van der Waals surface area (Å²) in [6.07, 6.45) is 3.98. The fourth-order valence-corrected chi connectivity index (χ4v) is 2.76. The lowest BCUT2D eigenvalue weighted by Crippen LogP contribution is -2.31. The zero-order valence-electron chi connectivity index (χ0n) is 13.6. The lowest BCUT2D eigenvalue weighted by molar-refractivity contribution is 0.0769. The second kappa shape index (κ2) is 6.82. The van der Waals surface area contributed by atoms with Crippen LogP contribution < -0.4 is 4.74 Å². The molecule has 0 aliphatic carbocycles. The number of halogens is 1. The van der Waals surface area contributed by atoms with Gasteiger partial charge in [0.15, 0.2) is 5.82 Å². The maximum Gasteiger partial charge on any atom is 0.316 e. The van der Waals surface area contributed by atoms with Crippen LogP contribution in [0.5, 0.6) is 6.01 Å². The van der Waals surface area contributed by atoms with E-state index in [-0.39, 0.29) is 18.0 Å². The zero-order valence-corrected chi connectivity index (χ0v) is 13.6. The van der Waals surface area contributed by atoms with Gasteiger partial charge in [-0.15, -0.1) is 5.10 Å². The number of carbonyl (C=O) groups is 1. The smallest absolute Gasteiger partial charge is 0.316 e. The second-order valence-corrected chi connectivity index (χ2v) is 5.77. The number of ether oxygens (including phenoxy) is 1. The van der Waals surface area contributed by atoms with Crippen molar-refractivity contribution in [3.05, 3.63) is 54.4 Å². The molecule has 1 aromatic carbocycles. The number of tetrazole rings is 1. The molecule has 3 heterocycles. The molecule has 0 N–H and O–H groups in total. The molecule has 10 heteroatoms. The minimum Gasteiger partial charge on any atom is -0.458 e. The summed E-state index contributed by atoms with van der Waals surface area (Å²) in [5.41, 5.74) is 1.24. The predicted octanol–water partition coefficient (Wildman–Crippen LogP) is 0.885. The molecule has 1 atom stereocenters. The Hall–Kier alpha value is -3.43. The van der Waals surface area contributed by atoms with Crippen molar-refractivity contribution in [2.45, 2.75) is 12.5 Å². The van der Waals surface area contributed by atoms with E-state index in [1.807, 2.05) is 6.07 Å². The molecule has 9 nitrogen and oxygen atoms in total. The van der Waals surface area contributed by atoms with E-state index in [2.05, 4.69) is 25.5 Å². The highest BCUT2D eigenvalue weighted by molar-refractivity contribution is 5.95. The Bertz CT molecular complexity index is 901. The van der Waals surface area contributed by atoms with Gasteiger partial charge >= 0.3 is 6.01 Å². The summed E-state index contributed by atoms with van der Waals surface area (Å²) in [7, 11) is 0. The third-order valence-corrected chi connectivity index (χ3v) is 4.01. The Labute approximate surface area is 147 Å². The Morgan fingerprint density at radius 3 is 2.88 bits per heavy atom. The van der Waals surface area contributed by atoms with Crippen LogP contribution in [0.4, 0.5) is 4.39 Å². The van der Waals surface area contributed by atoms with Gasteiger partial charge in [-0.05, 0) is 28.6 Å². The molecule has 1 saturated heterocycles. The molecule has 0 spiro atoms. The average molecular weight is 355 g/mol. The van der Waals surface area contributed by atoms with Crippen molar-refractivity contribution in [1.29, 1.82) is 0 Å². The summed E-state index contributed by atoms with van der Waals surface area (Å²) >= 11 is 0. The number of rotatable bonds is 4. The van der Waals surface area contributed by atoms with Gasteiger partial charge in [-0.25, -0.2) is 19.0 Å². The fourth-order valence-electron chi connectivity index (χ4n) is 2.76. The van der Waals surface area contributed by atoms with Crippen LogP contribution in [0, 0.1) is 5.82 Å². The van der Waals surface area contributed by atoms with E-state index in [1.165, 1.54) is 11.0 Å². The summed E-state index contributed by atoms with van der Waals surface area (Å²) < 4.78 is 19.9. The maximum atomic E-state index is 12.8. The van der Waals surface area contributed by atoms with Gasteiger partial charge in [-0.2, -0.15) is 0 Å². The number of likely N-dealkylation sites (tertiary alicyclic amines) is 1. The minimum absolute atomic E-state index is 0.103. The highest BCUT2D eigenvalue weighted by atomic mass is 19.1. The first-order chi connectivity index (χ1) is 12.7. The van der Waals surface area contributed by atoms with Crippen LogP contribution in [-0.2, 0) is 0 Å². The van der Waals surface area contributed by atoms with Crippen molar-refractivity contribution in [2.75, 3.05) is 13.1 Å². The molecular formula is C16H14FN7O2. The Kier molecular flexibility index (Phi) is 4.22. The fraction of sp³-hybridized carbons (Fsp3) is 0.250. The molecule has 0 bridgehead atoms. The molecule has 132 valence electrons. The van der Waals surface area contributed by atoms with Crippen molar-refractivity contribution < 1.29 is 13.9 Å². The highest BCUT2D eigenvalue weighted by Crippen LogP contribution is 2.18. The molecule has 0 radical (unpaired) electrons. The normalized spacial score (nSPS) is 16.7. The van der Waals surface area contributed by atoms with E-state index in [9.17, 15) is 9.18 Å². The van der Waals surface area contributed by atoms with Crippen molar-refractivity contribution in [1.82, 2.24) is 35.1 Å². The van der Waals surface area contributed by atoms with Crippen LogP contribution in [0.1, 0.15) is 16.8 Å². The first-order valence-electron chi connectivity index (χ1n) is 7.96.